The van der Waals surface area contributed by atoms with E-state index in [-0.39, 0.29) is 24.1 Å². The lowest BCUT2D eigenvalue weighted by Gasteiger charge is -2.05. The van der Waals surface area contributed by atoms with Gasteiger partial charge in [-0.2, -0.15) is 9.61 Å². The Morgan fingerprint density at radius 1 is 1.48 bits per heavy atom. The van der Waals surface area contributed by atoms with Crippen molar-refractivity contribution >= 4 is 22.3 Å². The van der Waals surface area contributed by atoms with Gasteiger partial charge in [0.15, 0.2) is 0 Å². The van der Waals surface area contributed by atoms with Gasteiger partial charge in [0, 0.05) is 18.9 Å². The normalized spacial score (nSPS) is 11.2. The lowest BCUT2D eigenvalue weighted by Crippen LogP contribution is -2.17. The number of esters is 1. The smallest absolute Gasteiger partial charge is 0.306 e. The van der Waals surface area contributed by atoms with Gasteiger partial charge in [-0.25, -0.2) is 4.98 Å². The Balaban J connectivity index is 2.14. The molecule has 0 N–H and O–H groups in total. The van der Waals surface area contributed by atoms with Crippen molar-refractivity contribution in [1.82, 2.24) is 14.6 Å². The lowest BCUT2D eigenvalue weighted by molar-refractivity contribution is -0.145. The van der Waals surface area contributed by atoms with Gasteiger partial charge in [0.2, 0.25) is 4.96 Å². The Kier molecular flexibility index (Phi) is 5.06. The summed E-state index contributed by atoms with van der Waals surface area (Å²) in [6.07, 6.45) is 2.16. The molecule has 0 radical (unpaired) electrons. The molecule has 6 nitrogen and oxygen atoms in total. The standard InChI is InChI=1S/C14H19N3O3S/c1-4-5-11-16-17-12(18)7-10(15-14(17)21-11)8-20-13(19)6-9(2)3/h7,9H,4-6,8H2,1-3H3. The number of carbonyl (C=O) groups is 1. The first-order chi connectivity index (χ1) is 9.99. The van der Waals surface area contributed by atoms with Gasteiger partial charge in [0.1, 0.15) is 11.6 Å². The quantitative estimate of drug-likeness (QED) is 0.765. The Morgan fingerprint density at radius 2 is 2.24 bits per heavy atom. The van der Waals surface area contributed by atoms with Crippen LogP contribution < -0.4 is 5.56 Å². The van der Waals surface area contributed by atoms with Crippen LogP contribution in [0.5, 0.6) is 0 Å². The van der Waals surface area contributed by atoms with Crippen molar-refractivity contribution in [3.05, 3.63) is 27.1 Å². The summed E-state index contributed by atoms with van der Waals surface area (Å²) in [4.78, 5) is 28.4. The summed E-state index contributed by atoms with van der Waals surface area (Å²) < 4.78 is 6.43. The highest BCUT2D eigenvalue weighted by Gasteiger charge is 2.11. The van der Waals surface area contributed by atoms with Crippen LogP contribution in [0.25, 0.3) is 4.96 Å². The second-order valence-electron chi connectivity index (χ2n) is 5.28. The maximum absolute atomic E-state index is 12.0. The van der Waals surface area contributed by atoms with E-state index in [9.17, 15) is 9.59 Å². The molecule has 0 bridgehead atoms. The lowest BCUT2D eigenvalue weighted by atomic mass is 10.1. The third kappa shape index (κ3) is 4.10. The average Bonchev–Trinajstić information content (AvgIpc) is 2.79. The minimum absolute atomic E-state index is 0.0261. The van der Waals surface area contributed by atoms with Crippen LogP contribution in [-0.2, 0) is 22.6 Å². The predicted molar refractivity (Wildman–Crippen MR) is 80.4 cm³/mol. The molecular weight excluding hydrogens is 290 g/mol. The molecular formula is C14H19N3O3S. The van der Waals surface area contributed by atoms with Crippen LogP contribution in [0.4, 0.5) is 0 Å². The Labute approximate surface area is 126 Å². The van der Waals surface area contributed by atoms with E-state index in [1.807, 2.05) is 13.8 Å². The fraction of sp³-hybridized carbons (Fsp3) is 0.571. The number of fused-ring (bicyclic) bond motifs is 1. The fourth-order valence-corrected chi connectivity index (χ4v) is 2.85. The van der Waals surface area contributed by atoms with Crippen LogP contribution >= 0.6 is 11.3 Å². The van der Waals surface area contributed by atoms with Crippen molar-refractivity contribution in [1.29, 1.82) is 0 Å². The van der Waals surface area contributed by atoms with E-state index in [4.69, 9.17) is 4.74 Å². The SMILES string of the molecule is CCCc1nn2c(=O)cc(COC(=O)CC(C)C)nc2s1. The number of carbonyl (C=O) groups excluding carboxylic acids is 1. The molecule has 114 valence electrons. The van der Waals surface area contributed by atoms with Gasteiger partial charge >= 0.3 is 5.97 Å². The largest absolute Gasteiger partial charge is 0.459 e. The van der Waals surface area contributed by atoms with Gasteiger partial charge in [0.05, 0.1) is 5.69 Å². The molecule has 0 unspecified atom stereocenters. The van der Waals surface area contributed by atoms with Crippen molar-refractivity contribution in [2.45, 2.75) is 46.6 Å². The zero-order chi connectivity index (χ0) is 15.4. The molecule has 0 aliphatic heterocycles. The van der Waals surface area contributed by atoms with Crippen molar-refractivity contribution in [3.8, 4) is 0 Å². The first-order valence-corrected chi connectivity index (χ1v) is 7.85. The highest BCUT2D eigenvalue weighted by atomic mass is 32.1. The molecule has 0 saturated carbocycles. The predicted octanol–water partition coefficient (Wildman–Crippen LogP) is 2.19. The third-order valence-corrected chi connectivity index (χ3v) is 3.73. The molecule has 0 aromatic carbocycles. The number of rotatable bonds is 6. The number of hydrogen-bond acceptors (Lipinski definition) is 6. The first kappa shape index (κ1) is 15.6. The summed E-state index contributed by atoms with van der Waals surface area (Å²) in [6.45, 7) is 5.98. The molecule has 0 saturated heterocycles. The van der Waals surface area contributed by atoms with Gasteiger partial charge in [0.25, 0.3) is 5.56 Å². The maximum atomic E-state index is 12.0. The summed E-state index contributed by atoms with van der Waals surface area (Å²) in [6, 6.07) is 1.37. The second-order valence-corrected chi connectivity index (χ2v) is 6.33. The first-order valence-electron chi connectivity index (χ1n) is 7.04. The molecule has 0 fully saturated rings. The van der Waals surface area contributed by atoms with Crippen molar-refractivity contribution in [2.24, 2.45) is 5.92 Å². The van der Waals surface area contributed by atoms with E-state index in [1.54, 1.807) is 0 Å². The summed E-state index contributed by atoms with van der Waals surface area (Å²) in [7, 11) is 0. The summed E-state index contributed by atoms with van der Waals surface area (Å²) in [5.41, 5.74) is 0.220. The Bertz CT molecular complexity index is 690. The van der Waals surface area contributed by atoms with Crippen LogP contribution in [0.15, 0.2) is 10.9 Å². The van der Waals surface area contributed by atoms with E-state index < -0.39 is 0 Å². The second kappa shape index (κ2) is 6.80. The van der Waals surface area contributed by atoms with Crippen molar-refractivity contribution in [3.63, 3.8) is 0 Å². The van der Waals surface area contributed by atoms with Gasteiger partial charge in [-0.15, -0.1) is 0 Å². The molecule has 7 heteroatoms. The van der Waals surface area contributed by atoms with Crippen LogP contribution in [0, 0.1) is 5.92 Å². The highest BCUT2D eigenvalue weighted by Crippen LogP contribution is 2.13. The van der Waals surface area contributed by atoms with E-state index in [0.29, 0.717) is 17.1 Å². The zero-order valence-electron chi connectivity index (χ0n) is 12.5. The number of aryl methyl sites for hydroxylation is 1. The van der Waals surface area contributed by atoms with Crippen LogP contribution in [0.2, 0.25) is 0 Å². The van der Waals surface area contributed by atoms with Gasteiger partial charge in [-0.1, -0.05) is 32.1 Å². The molecule has 2 heterocycles. The molecule has 0 atom stereocenters. The van der Waals surface area contributed by atoms with E-state index in [2.05, 4.69) is 17.0 Å². The zero-order valence-corrected chi connectivity index (χ0v) is 13.3. The van der Waals surface area contributed by atoms with Crippen molar-refractivity contribution in [2.75, 3.05) is 0 Å². The van der Waals surface area contributed by atoms with E-state index in [1.165, 1.54) is 21.9 Å². The van der Waals surface area contributed by atoms with Gasteiger partial charge < -0.3 is 4.74 Å². The molecule has 0 aliphatic carbocycles. The van der Waals surface area contributed by atoms with Crippen molar-refractivity contribution < 1.29 is 9.53 Å². The highest BCUT2D eigenvalue weighted by molar-refractivity contribution is 7.16. The summed E-state index contributed by atoms with van der Waals surface area (Å²) in [5, 5.41) is 5.12. The Morgan fingerprint density at radius 3 is 2.90 bits per heavy atom. The topological polar surface area (TPSA) is 73.6 Å². The molecule has 0 aliphatic rings. The Hall–Kier alpha value is -1.76. The van der Waals surface area contributed by atoms with Crippen LogP contribution in [-0.4, -0.2) is 20.6 Å². The maximum Gasteiger partial charge on any atom is 0.306 e. The number of nitrogens with zero attached hydrogens (tertiary/aromatic N) is 3. The van der Waals surface area contributed by atoms with Crippen LogP contribution in [0.3, 0.4) is 0 Å². The van der Waals surface area contributed by atoms with E-state index in [0.717, 1.165) is 17.8 Å². The van der Waals surface area contributed by atoms with E-state index >= 15 is 0 Å². The molecule has 2 aromatic heterocycles. The van der Waals surface area contributed by atoms with Crippen LogP contribution in [0.1, 0.15) is 44.3 Å². The molecule has 2 rings (SSSR count). The number of ether oxygens (including phenoxy) is 1. The van der Waals surface area contributed by atoms with Gasteiger partial charge in [-0.05, 0) is 12.3 Å². The fourth-order valence-electron chi connectivity index (χ4n) is 1.83. The minimum Gasteiger partial charge on any atom is -0.459 e. The minimum atomic E-state index is -0.275. The third-order valence-electron chi connectivity index (χ3n) is 2.76. The summed E-state index contributed by atoms with van der Waals surface area (Å²) in [5.74, 6) is -0.0281. The monoisotopic (exact) mass is 309 g/mol. The van der Waals surface area contributed by atoms with Gasteiger partial charge in [-0.3, -0.25) is 9.59 Å². The molecule has 21 heavy (non-hydrogen) atoms. The number of aromatic nitrogens is 3. The molecule has 0 amide bonds. The average molecular weight is 309 g/mol. The molecule has 2 aromatic rings. The number of hydrogen-bond donors (Lipinski definition) is 0. The molecule has 0 spiro atoms. The summed E-state index contributed by atoms with van der Waals surface area (Å²) >= 11 is 1.40.